The van der Waals surface area contributed by atoms with Gasteiger partial charge in [0.05, 0.1) is 12.3 Å². The summed E-state index contributed by atoms with van der Waals surface area (Å²) in [6, 6.07) is 15.3. The molecule has 0 saturated carbocycles. The molecular formula is C21H21ClN2O2. The molecule has 0 radical (unpaired) electrons. The van der Waals surface area contributed by atoms with Gasteiger partial charge in [-0.3, -0.25) is 4.98 Å². The highest BCUT2D eigenvalue weighted by Gasteiger charge is 2.08. The van der Waals surface area contributed by atoms with E-state index in [1.54, 1.807) is 6.20 Å². The minimum atomic E-state index is -0.0895. The fourth-order valence-corrected chi connectivity index (χ4v) is 2.76. The molecule has 1 heterocycles. The van der Waals surface area contributed by atoms with Crippen LogP contribution in [0.25, 0.3) is 0 Å². The van der Waals surface area contributed by atoms with Gasteiger partial charge in [-0.2, -0.15) is 0 Å². The van der Waals surface area contributed by atoms with Crippen molar-refractivity contribution in [2.45, 2.75) is 27.0 Å². The SMILES string of the molecule is Cc1ccc(Oc2ccc(Cl)cc2CNc2ccnc(CO)c2)cc1C. The molecule has 0 aliphatic rings. The Hall–Kier alpha value is -2.56. The molecule has 2 aromatic carbocycles. The maximum Gasteiger partial charge on any atom is 0.132 e. The lowest BCUT2D eigenvalue weighted by Gasteiger charge is -2.14. The zero-order valence-electron chi connectivity index (χ0n) is 14.8. The molecule has 0 aliphatic carbocycles. The first-order valence-corrected chi connectivity index (χ1v) is 8.76. The summed E-state index contributed by atoms with van der Waals surface area (Å²) >= 11 is 6.17. The summed E-state index contributed by atoms with van der Waals surface area (Å²) in [5.41, 5.74) is 4.85. The quantitative estimate of drug-likeness (QED) is 0.624. The normalized spacial score (nSPS) is 10.6. The third kappa shape index (κ3) is 4.54. The van der Waals surface area contributed by atoms with Crippen molar-refractivity contribution in [2.75, 3.05) is 5.32 Å². The summed E-state index contributed by atoms with van der Waals surface area (Å²) in [6.45, 7) is 4.59. The van der Waals surface area contributed by atoms with E-state index in [4.69, 9.17) is 16.3 Å². The van der Waals surface area contributed by atoms with E-state index >= 15 is 0 Å². The predicted octanol–water partition coefficient (Wildman–Crippen LogP) is 5.25. The molecule has 5 heteroatoms. The van der Waals surface area contributed by atoms with Gasteiger partial charge in [-0.15, -0.1) is 0 Å². The van der Waals surface area contributed by atoms with E-state index in [1.165, 1.54) is 11.1 Å². The Kier molecular flexibility index (Phi) is 5.76. The number of aliphatic hydroxyl groups excluding tert-OH is 1. The van der Waals surface area contributed by atoms with E-state index < -0.39 is 0 Å². The van der Waals surface area contributed by atoms with E-state index in [-0.39, 0.29) is 6.61 Å². The molecule has 4 nitrogen and oxygen atoms in total. The van der Waals surface area contributed by atoms with Crippen LogP contribution >= 0.6 is 11.6 Å². The Labute approximate surface area is 158 Å². The number of anilines is 1. The van der Waals surface area contributed by atoms with Gasteiger partial charge >= 0.3 is 0 Å². The number of benzene rings is 2. The van der Waals surface area contributed by atoms with Gasteiger partial charge in [0.15, 0.2) is 0 Å². The number of aromatic nitrogens is 1. The van der Waals surface area contributed by atoms with Crippen molar-refractivity contribution in [3.63, 3.8) is 0 Å². The number of ether oxygens (including phenoxy) is 1. The third-order valence-electron chi connectivity index (χ3n) is 4.19. The summed E-state index contributed by atoms with van der Waals surface area (Å²) in [6.07, 6.45) is 1.67. The van der Waals surface area contributed by atoms with Gasteiger partial charge in [-0.25, -0.2) is 0 Å². The van der Waals surface area contributed by atoms with E-state index in [0.29, 0.717) is 17.3 Å². The predicted molar refractivity (Wildman–Crippen MR) is 105 cm³/mol. The van der Waals surface area contributed by atoms with Gasteiger partial charge in [0.1, 0.15) is 11.5 Å². The van der Waals surface area contributed by atoms with Gasteiger partial charge in [-0.1, -0.05) is 17.7 Å². The highest BCUT2D eigenvalue weighted by atomic mass is 35.5. The Morgan fingerprint density at radius 3 is 2.65 bits per heavy atom. The maximum atomic E-state index is 9.21. The fourth-order valence-electron chi connectivity index (χ4n) is 2.56. The van der Waals surface area contributed by atoms with Crippen LogP contribution in [0.5, 0.6) is 11.5 Å². The van der Waals surface area contributed by atoms with Crippen molar-refractivity contribution < 1.29 is 9.84 Å². The first-order chi connectivity index (χ1) is 12.5. The highest BCUT2D eigenvalue weighted by Crippen LogP contribution is 2.29. The number of aryl methyl sites for hydroxylation is 2. The monoisotopic (exact) mass is 368 g/mol. The van der Waals surface area contributed by atoms with Crippen LogP contribution < -0.4 is 10.1 Å². The summed E-state index contributed by atoms with van der Waals surface area (Å²) in [5, 5.41) is 13.2. The first-order valence-electron chi connectivity index (χ1n) is 8.38. The van der Waals surface area contributed by atoms with Crippen molar-refractivity contribution >= 4 is 17.3 Å². The van der Waals surface area contributed by atoms with Crippen LogP contribution in [0.1, 0.15) is 22.4 Å². The molecule has 0 bridgehead atoms. The van der Waals surface area contributed by atoms with Crippen LogP contribution in [-0.4, -0.2) is 10.1 Å². The van der Waals surface area contributed by atoms with Crippen LogP contribution in [0, 0.1) is 13.8 Å². The van der Waals surface area contributed by atoms with Crippen LogP contribution in [0.4, 0.5) is 5.69 Å². The van der Waals surface area contributed by atoms with E-state index in [0.717, 1.165) is 22.7 Å². The second-order valence-electron chi connectivity index (χ2n) is 6.15. The van der Waals surface area contributed by atoms with Gasteiger partial charge < -0.3 is 15.2 Å². The molecule has 2 N–H and O–H groups in total. The minimum Gasteiger partial charge on any atom is -0.457 e. The molecule has 26 heavy (non-hydrogen) atoms. The van der Waals surface area contributed by atoms with Crippen molar-refractivity contribution in [1.82, 2.24) is 4.98 Å². The number of nitrogens with one attached hydrogen (secondary N) is 1. The van der Waals surface area contributed by atoms with E-state index in [1.807, 2.05) is 48.5 Å². The van der Waals surface area contributed by atoms with Gasteiger partial charge in [0.25, 0.3) is 0 Å². The second kappa shape index (κ2) is 8.21. The van der Waals surface area contributed by atoms with Crippen molar-refractivity contribution in [1.29, 1.82) is 0 Å². The average Bonchev–Trinajstić information content (AvgIpc) is 2.65. The summed E-state index contributed by atoms with van der Waals surface area (Å²) in [5.74, 6) is 1.55. The number of aliphatic hydroxyl groups is 1. The molecular weight excluding hydrogens is 348 g/mol. The molecule has 0 amide bonds. The minimum absolute atomic E-state index is 0.0895. The molecule has 3 rings (SSSR count). The van der Waals surface area contributed by atoms with Gasteiger partial charge in [-0.05, 0) is 67.4 Å². The summed E-state index contributed by atoms with van der Waals surface area (Å²) < 4.78 is 6.08. The molecule has 1 aromatic heterocycles. The highest BCUT2D eigenvalue weighted by molar-refractivity contribution is 6.30. The van der Waals surface area contributed by atoms with Crippen LogP contribution in [0.15, 0.2) is 54.7 Å². The number of hydrogen-bond donors (Lipinski definition) is 2. The van der Waals surface area contributed by atoms with Crippen LogP contribution in [0.2, 0.25) is 5.02 Å². The second-order valence-corrected chi connectivity index (χ2v) is 6.58. The lowest BCUT2D eigenvalue weighted by atomic mass is 10.1. The molecule has 0 aliphatic heterocycles. The number of halogens is 1. The molecule has 0 fully saturated rings. The van der Waals surface area contributed by atoms with Crippen molar-refractivity contribution in [2.24, 2.45) is 0 Å². The summed E-state index contributed by atoms with van der Waals surface area (Å²) in [7, 11) is 0. The Balaban J connectivity index is 1.80. The maximum absolute atomic E-state index is 9.21. The van der Waals surface area contributed by atoms with Crippen molar-refractivity contribution in [3.05, 3.63) is 82.1 Å². The Morgan fingerprint density at radius 1 is 1.04 bits per heavy atom. The smallest absolute Gasteiger partial charge is 0.132 e. The molecule has 0 spiro atoms. The Bertz CT molecular complexity index is 912. The van der Waals surface area contributed by atoms with Gasteiger partial charge in [0.2, 0.25) is 0 Å². The Morgan fingerprint density at radius 2 is 1.88 bits per heavy atom. The zero-order chi connectivity index (χ0) is 18.5. The van der Waals surface area contributed by atoms with E-state index in [2.05, 4.69) is 24.1 Å². The van der Waals surface area contributed by atoms with Crippen molar-refractivity contribution in [3.8, 4) is 11.5 Å². The summed E-state index contributed by atoms with van der Waals surface area (Å²) in [4.78, 5) is 4.08. The zero-order valence-corrected chi connectivity index (χ0v) is 15.5. The van der Waals surface area contributed by atoms with E-state index in [9.17, 15) is 5.11 Å². The largest absolute Gasteiger partial charge is 0.457 e. The molecule has 0 atom stereocenters. The third-order valence-corrected chi connectivity index (χ3v) is 4.43. The number of rotatable bonds is 6. The van der Waals surface area contributed by atoms with Gasteiger partial charge in [0, 0.05) is 29.0 Å². The fraction of sp³-hybridized carbons (Fsp3) is 0.190. The molecule has 134 valence electrons. The lowest BCUT2D eigenvalue weighted by molar-refractivity contribution is 0.277. The van der Waals surface area contributed by atoms with Crippen LogP contribution in [-0.2, 0) is 13.2 Å². The molecule has 0 saturated heterocycles. The molecule has 0 unspecified atom stereocenters. The standard InChI is InChI=1S/C21H21ClN2O2/c1-14-3-5-20(9-15(14)2)26-21-6-4-17(22)10-16(21)12-24-18-7-8-23-19(11-18)13-25/h3-11,25H,12-13H2,1-2H3,(H,23,24). The van der Waals surface area contributed by atoms with Crippen LogP contribution in [0.3, 0.4) is 0 Å². The topological polar surface area (TPSA) is 54.4 Å². The first kappa shape index (κ1) is 18.2. The number of pyridine rings is 1. The lowest BCUT2D eigenvalue weighted by Crippen LogP contribution is -2.03. The number of hydrogen-bond acceptors (Lipinski definition) is 4. The number of nitrogens with zero attached hydrogens (tertiary/aromatic N) is 1. The molecule has 3 aromatic rings. The average molecular weight is 369 g/mol.